The summed E-state index contributed by atoms with van der Waals surface area (Å²) < 4.78 is 40.1. The van der Waals surface area contributed by atoms with Crippen LogP contribution in [-0.4, -0.2) is 25.4 Å². The molecule has 7 heteroatoms. The number of hydrogen-bond acceptors (Lipinski definition) is 3. The van der Waals surface area contributed by atoms with Crippen molar-refractivity contribution in [1.29, 1.82) is 0 Å². The van der Waals surface area contributed by atoms with Gasteiger partial charge in [-0.2, -0.15) is 0 Å². The van der Waals surface area contributed by atoms with Gasteiger partial charge in [0, 0.05) is 19.6 Å². The second-order valence-electron chi connectivity index (χ2n) is 7.46. The van der Waals surface area contributed by atoms with Crippen LogP contribution in [0, 0.1) is 10.8 Å². The molecule has 0 unspecified atom stereocenters. The Morgan fingerprint density at radius 3 is 2.20 bits per heavy atom. The van der Waals surface area contributed by atoms with Crippen molar-refractivity contribution in [3.05, 3.63) is 29.8 Å². The monoisotopic (exact) mass is 358 g/mol. The van der Waals surface area contributed by atoms with Gasteiger partial charge in [-0.05, 0) is 36.0 Å². The standard InChI is InChI=1S/C18H25F3N2O2/c1-16(2,3)17(8-9-17)15(24)23-11-10-22-12-13-4-6-14(7-5-13)25-18(19,20)21/h4-7,22H,8-12H2,1-3H3,(H,23,24). The van der Waals surface area contributed by atoms with Gasteiger partial charge in [-0.25, -0.2) is 0 Å². The fraction of sp³-hybridized carbons (Fsp3) is 0.611. The number of benzene rings is 1. The zero-order chi connectivity index (χ0) is 18.7. The molecule has 2 N–H and O–H groups in total. The van der Waals surface area contributed by atoms with E-state index in [1.807, 2.05) is 0 Å². The van der Waals surface area contributed by atoms with E-state index in [9.17, 15) is 18.0 Å². The number of ether oxygens (including phenoxy) is 1. The lowest BCUT2D eigenvalue weighted by atomic mass is 9.77. The van der Waals surface area contributed by atoms with Crippen molar-refractivity contribution in [2.75, 3.05) is 13.1 Å². The van der Waals surface area contributed by atoms with Gasteiger partial charge in [-0.1, -0.05) is 32.9 Å². The third-order valence-corrected chi connectivity index (χ3v) is 4.69. The van der Waals surface area contributed by atoms with Crippen molar-refractivity contribution < 1.29 is 22.7 Å². The van der Waals surface area contributed by atoms with E-state index in [0.29, 0.717) is 19.6 Å². The van der Waals surface area contributed by atoms with Gasteiger partial charge >= 0.3 is 6.36 Å². The predicted molar refractivity (Wildman–Crippen MR) is 89.0 cm³/mol. The van der Waals surface area contributed by atoms with Crippen molar-refractivity contribution in [1.82, 2.24) is 10.6 Å². The van der Waals surface area contributed by atoms with Crippen LogP contribution in [-0.2, 0) is 11.3 Å². The smallest absolute Gasteiger partial charge is 0.406 e. The first-order valence-electron chi connectivity index (χ1n) is 8.37. The van der Waals surface area contributed by atoms with Gasteiger partial charge in [0.05, 0.1) is 5.41 Å². The summed E-state index contributed by atoms with van der Waals surface area (Å²) in [4.78, 5) is 12.3. The largest absolute Gasteiger partial charge is 0.573 e. The highest BCUT2D eigenvalue weighted by molar-refractivity contribution is 5.86. The number of carbonyl (C=O) groups excluding carboxylic acids is 1. The minimum atomic E-state index is -4.68. The minimum absolute atomic E-state index is 0.0370. The Bertz CT molecular complexity index is 588. The number of nitrogens with one attached hydrogen (secondary N) is 2. The molecule has 2 rings (SSSR count). The minimum Gasteiger partial charge on any atom is -0.406 e. The average Bonchev–Trinajstić information content (AvgIpc) is 3.28. The summed E-state index contributed by atoms with van der Waals surface area (Å²) in [5, 5.41) is 6.12. The Labute approximate surface area is 146 Å². The van der Waals surface area contributed by atoms with E-state index in [4.69, 9.17) is 0 Å². The van der Waals surface area contributed by atoms with Crippen molar-refractivity contribution in [2.24, 2.45) is 10.8 Å². The number of alkyl halides is 3. The quantitative estimate of drug-likeness (QED) is 0.732. The van der Waals surface area contributed by atoms with E-state index >= 15 is 0 Å². The highest BCUT2D eigenvalue weighted by Gasteiger charge is 2.57. The molecule has 0 aliphatic heterocycles. The fourth-order valence-electron chi connectivity index (χ4n) is 2.92. The van der Waals surface area contributed by atoms with Crippen LogP contribution in [0.4, 0.5) is 13.2 Å². The molecule has 1 saturated carbocycles. The second kappa shape index (κ2) is 7.23. The molecule has 0 bridgehead atoms. The Morgan fingerprint density at radius 2 is 1.72 bits per heavy atom. The van der Waals surface area contributed by atoms with Crippen LogP contribution in [0.25, 0.3) is 0 Å². The maximum Gasteiger partial charge on any atom is 0.573 e. The number of rotatable bonds is 7. The number of hydrogen-bond donors (Lipinski definition) is 2. The van der Waals surface area contributed by atoms with E-state index < -0.39 is 6.36 Å². The lowest BCUT2D eigenvalue weighted by Gasteiger charge is -2.29. The third kappa shape index (κ3) is 5.36. The molecule has 140 valence electrons. The topological polar surface area (TPSA) is 50.4 Å². The van der Waals surface area contributed by atoms with E-state index in [-0.39, 0.29) is 22.5 Å². The van der Waals surface area contributed by atoms with Crippen LogP contribution < -0.4 is 15.4 Å². The highest BCUT2D eigenvalue weighted by Crippen LogP contribution is 2.58. The first kappa shape index (κ1) is 19.6. The van der Waals surface area contributed by atoms with Crippen LogP contribution in [0.2, 0.25) is 0 Å². The zero-order valence-corrected chi connectivity index (χ0v) is 14.8. The summed E-state index contributed by atoms with van der Waals surface area (Å²) >= 11 is 0. The van der Waals surface area contributed by atoms with Gasteiger partial charge < -0.3 is 15.4 Å². The molecule has 1 aliphatic carbocycles. The summed E-state index contributed by atoms with van der Waals surface area (Å²) in [6, 6.07) is 5.72. The number of carbonyl (C=O) groups is 1. The molecule has 0 saturated heterocycles. The fourth-order valence-corrected chi connectivity index (χ4v) is 2.92. The van der Waals surface area contributed by atoms with E-state index in [2.05, 4.69) is 36.1 Å². The van der Waals surface area contributed by atoms with Gasteiger partial charge in [-0.15, -0.1) is 13.2 Å². The first-order valence-corrected chi connectivity index (χ1v) is 8.37. The molecule has 4 nitrogen and oxygen atoms in total. The molecule has 0 spiro atoms. The number of halogens is 3. The van der Waals surface area contributed by atoms with Crippen molar-refractivity contribution >= 4 is 5.91 Å². The van der Waals surface area contributed by atoms with Gasteiger partial charge in [0.15, 0.2) is 0 Å². The summed E-state index contributed by atoms with van der Waals surface area (Å²) in [6.07, 6.45) is -2.81. The van der Waals surface area contributed by atoms with Crippen LogP contribution in [0.5, 0.6) is 5.75 Å². The molecule has 25 heavy (non-hydrogen) atoms. The normalized spacial score (nSPS) is 16.4. The Balaban J connectivity index is 1.67. The maximum atomic E-state index is 12.3. The van der Waals surface area contributed by atoms with Gasteiger partial charge in [0.2, 0.25) is 5.91 Å². The first-order chi connectivity index (χ1) is 11.5. The van der Waals surface area contributed by atoms with E-state index in [1.165, 1.54) is 12.1 Å². The molecule has 1 aromatic rings. The molecule has 0 heterocycles. The summed E-state index contributed by atoms with van der Waals surface area (Å²) in [7, 11) is 0. The van der Waals surface area contributed by atoms with Crippen LogP contribution in [0.1, 0.15) is 39.2 Å². The maximum absolute atomic E-state index is 12.3. The second-order valence-corrected chi connectivity index (χ2v) is 7.46. The molecular weight excluding hydrogens is 333 g/mol. The van der Waals surface area contributed by atoms with Gasteiger partial charge in [-0.3, -0.25) is 4.79 Å². The molecule has 1 aromatic carbocycles. The molecule has 1 amide bonds. The molecule has 1 aliphatic rings. The molecule has 1 fully saturated rings. The van der Waals surface area contributed by atoms with Crippen LogP contribution in [0.3, 0.4) is 0 Å². The Hall–Kier alpha value is -1.76. The van der Waals surface area contributed by atoms with Crippen molar-refractivity contribution in [3.8, 4) is 5.75 Å². The summed E-state index contributed by atoms with van der Waals surface area (Å²) in [5.41, 5.74) is 0.570. The zero-order valence-electron chi connectivity index (χ0n) is 14.8. The average molecular weight is 358 g/mol. The molecule has 0 radical (unpaired) electrons. The lowest BCUT2D eigenvalue weighted by Crippen LogP contribution is -2.42. The predicted octanol–water partition coefficient (Wildman–Crippen LogP) is 3.62. The summed E-state index contributed by atoms with van der Waals surface area (Å²) in [5.74, 6) is -0.129. The third-order valence-electron chi connectivity index (χ3n) is 4.69. The van der Waals surface area contributed by atoms with Crippen LogP contribution in [0.15, 0.2) is 24.3 Å². The lowest BCUT2D eigenvalue weighted by molar-refractivity contribution is -0.274. The molecular formula is C18H25F3N2O2. The van der Waals surface area contributed by atoms with E-state index in [0.717, 1.165) is 18.4 Å². The molecule has 0 aromatic heterocycles. The summed E-state index contributed by atoms with van der Waals surface area (Å²) in [6.45, 7) is 7.88. The van der Waals surface area contributed by atoms with E-state index in [1.54, 1.807) is 12.1 Å². The van der Waals surface area contributed by atoms with Gasteiger partial charge in [0.25, 0.3) is 0 Å². The Morgan fingerprint density at radius 1 is 1.12 bits per heavy atom. The Kier molecular flexibility index (Phi) is 5.66. The van der Waals surface area contributed by atoms with Crippen molar-refractivity contribution in [2.45, 2.75) is 46.5 Å². The highest BCUT2D eigenvalue weighted by atomic mass is 19.4. The SMILES string of the molecule is CC(C)(C)C1(C(=O)NCCNCc2ccc(OC(F)(F)F)cc2)CC1. The van der Waals surface area contributed by atoms with Crippen molar-refractivity contribution in [3.63, 3.8) is 0 Å². The molecule has 0 atom stereocenters. The van der Waals surface area contributed by atoms with Gasteiger partial charge in [0.1, 0.15) is 5.75 Å². The van der Waals surface area contributed by atoms with Crippen LogP contribution >= 0.6 is 0 Å². The number of amides is 1.